The average molecular weight is 327 g/mol. The molecule has 0 saturated carbocycles. The summed E-state index contributed by atoms with van der Waals surface area (Å²) in [5.41, 5.74) is 0. The molecule has 0 N–H and O–H groups in total. The molecule has 0 aromatic carbocycles. The average Bonchev–Trinajstić information content (AvgIpc) is 2.64. The van der Waals surface area contributed by atoms with Crippen molar-refractivity contribution < 1.29 is 13.9 Å². The van der Waals surface area contributed by atoms with Gasteiger partial charge in [-0.25, -0.2) is 0 Å². The van der Waals surface area contributed by atoms with Crippen LogP contribution < -0.4 is 0 Å². The molecule has 4 heteroatoms. The molecule has 3 nitrogen and oxygen atoms in total. The van der Waals surface area contributed by atoms with Gasteiger partial charge >= 0.3 is 0 Å². The maximum Gasteiger partial charge on any atom is 0.192 e. The molecule has 0 bridgehead atoms. The zero-order chi connectivity index (χ0) is 16.4. The second kappa shape index (κ2) is 7.16. The fraction of sp³-hybridized carbons (Fsp3) is 0.889. The molecule has 0 aliphatic carbocycles. The number of fused-ring (bicyclic) bond motifs is 1. The molecule has 128 valence electrons. The Balaban J connectivity index is 1.88. The minimum absolute atomic E-state index is 0.213. The summed E-state index contributed by atoms with van der Waals surface area (Å²) in [4.78, 5) is 0. The van der Waals surface area contributed by atoms with Gasteiger partial charge in [0.15, 0.2) is 8.32 Å². The molecule has 0 amide bonds. The van der Waals surface area contributed by atoms with E-state index >= 15 is 0 Å². The molecular formula is C18H34O3Si. The molecule has 22 heavy (non-hydrogen) atoms. The van der Waals surface area contributed by atoms with E-state index in [0.29, 0.717) is 0 Å². The number of hydrogen-bond donors (Lipinski definition) is 0. The van der Waals surface area contributed by atoms with Crippen LogP contribution in [0.25, 0.3) is 0 Å². The molecule has 2 heterocycles. The topological polar surface area (TPSA) is 27.7 Å². The maximum absolute atomic E-state index is 6.37. The molecular weight excluding hydrogens is 292 g/mol. The van der Waals surface area contributed by atoms with E-state index in [1.807, 2.05) is 6.08 Å². The van der Waals surface area contributed by atoms with E-state index in [1.165, 1.54) is 0 Å². The summed E-state index contributed by atoms with van der Waals surface area (Å²) in [6.07, 6.45) is 8.32. The summed E-state index contributed by atoms with van der Waals surface area (Å²) in [7, 11) is -1.69. The first kappa shape index (κ1) is 18.2. The third-order valence-electron chi connectivity index (χ3n) is 5.58. The molecule has 0 aromatic heterocycles. The molecule has 2 rings (SSSR count). The molecule has 0 spiro atoms. The number of ether oxygens (including phenoxy) is 2. The Labute approximate surface area is 137 Å². The van der Waals surface area contributed by atoms with E-state index in [0.717, 1.165) is 38.7 Å². The molecule has 2 aliphatic rings. The van der Waals surface area contributed by atoms with Gasteiger partial charge in [-0.2, -0.15) is 0 Å². The van der Waals surface area contributed by atoms with Crippen LogP contribution in [0.2, 0.25) is 18.1 Å². The van der Waals surface area contributed by atoms with Crippen molar-refractivity contribution in [2.24, 2.45) is 0 Å². The van der Waals surface area contributed by atoms with Gasteiger partial charge in [0.2, 0.25) is 0 Å². The van der Waals surface area contributed by atoms with E-state index in [2.05, 4.69) is 40.4 Å². The van der Waals surface area contributed by atoms with Crippen LogP contribution in [-0.2, 0) is 13.9 Å². The van der Waals surface area contributed by atoms with Gasteiger partial charge in [0.25, 0.3) is 0 Å². The number of hydrogen-bond acceptors (Lipinski definition) is 3. The van der Waals surface area contributed by atoms with Crippen LogP contribution >= 0.6 is 0 Å². The predicted octanol–water partition coefficient (Wildman–Crippen LogP) is 4.68. The first-order valence-corrected chi connectivity index (χ1v) is 11.7. The Hall–Kier alpha value is -0.163. The van der Waals surface area contributed by atoms with E-state index in [9.17, 15) is 0 Å². The van der Waals surface area contributed by atoms with Gasteiger partial charge in [0.05, 0.1) is 31.0 Å². The lowest BCUT2D eigenvalue weighted by molar-refractivity contribution is -0.142. The molecule has 0 unspecified atom stereocenters. The van der Waals surface area contributed by atoms with Crippen molar-refractivity contribution in [3.05, 3.63) is 12.7 Å². The Bertz CT molecular complexity index is 375. The van der Waals surface area contributed by atoms with Crippen LogP contribution in [0, 0.1) is 0 Å². The molecule has 0 radical (unpaired) electrons. The van der Waals surface area contributed by atoms with E-state index in [1.54, 1.807) is 0 Å². The third kappa shape index (κ3) is 4.44. The lowest BCUT2D eigenvalue weighted by atomic mass is 9.98. The molecule has 0 aromatic rings. The predicted molar refractivity (Wildman–Crippen MR) is 93.8 cm³/mol. The van der Waals surface area contributed by atoms with Gasteiger partial charge < -0.3 is 13.9 Å². The summed E-state index contributed by atoms with van der Waals surface area (Å²) in [6, 6.07) is 0. The second-order valence-corrected chi connectivity index (χ2v) is 13.1. The summed E-state index contributed by atoms with van der Waals surface area (Å²) >= 11 is 0. The van der Waals surface area contributed by atoms with E-state index in [-0.39, 0.29) is 29.5 Å². The van der Waals surface area contributed by atoms with Crippen molar-refractivity contribution >= 4 is 8.32 Å². The monoisotopic (exact) mass is 326 g/mol. The fourth-order valence-electron chi connectivity index (χ4n) is 2.98. The van der Waals surface area contributed by atoms with Crippen molar-refractivity contribution in [2.45, 2.75) is 95.4 Å². The highest BCUT2D eigenvalue weighted by molar-refractivity contribution is 6.74. The quantitative estimate of drug-likeness (QED) is 0.554. The summed E-state index contributed by atoms with van der Waals surface area (Å²) in [5.74, 6) is 0. The van der Waals surface area contributed by atoms with Gasteiger partial charge in [-0.15, -0.1) is 6.58 Å². The van der Waals surface area contributed by atoms with Crippen molar-refractivity contribution in [3.63, 3.8) is 0 Å². The van der Waals surface area contributed by atoms with Crippen molar-refractivity contribution in [1.29, 1.82) is 0 Å². The normalized spacial score (nSPS) is 33.9. The Morgan fingerprint density at radius 3 is 2.41 bits per heavy atom. The Morgan fingerprint density at radius 1 is 1.09 bits per heavy atom. The highest BCUT2D eigenvalue weighted by atomic mass is 28.4. The van der Waals surface area contributed by atoms with Gasteiger partial charge in [0.1, 0.15) is 0 Å². The largest absolute Gasteiger partial charge is 0.414 e. The third-order valence-corrected chi connectivity index (χ3v) is 10.1. The summed E-state index contributed by atoms with van der Waals surface area (Å²) in [6.45, 7) is 16.1. The minimum Gasteiger partial charge on any atom is -0.414 e. The lowest BCUT2D eigenvalue weighted by Crippen LogP contribution is -2.44. The lowest BCUT2D eigenvalue weighted by Gasteiger charge is -2.38. The van der Waals surface area contributed by atoms with E-state index in [4.69, 9.17) is 13.9 Å². The van der Waals surface area contributed by atoms with Crippen LogP contribution in [0.1, 0.15) is 52.9 Å². The SMILES string of the molecule is C=C[C@H]1CC[C@H]2O[C@@H](CO[Si](C)(C)C(C)(C)C)CCC[C@@H]2O1. The van der Waals surface area contributed by atoms with Gasteiger partial charge in [0, 0.05) is 0 Å². The summed E-state index contributed by atoms with van der Waals surface area (Å²) < 4.78 is 18.8. The maximum atomic E-state index is 6.37. The molecule has 2 fully saturated rings. The van der Waals surface area contributed by atoms with E-state index < -0.39 is 8.32 Å². The molecule has 4 atom stereocenters. The van der Waals surface area contributed by atoms with Gasteiger partial charge in [-0.05, 0) is 50.2 Å². The minimum atomic E-state index is -1.69. The standard InChI is InChI=1S/C18H34O3Si/c1-7-14-11-12-17-16(20-14)10-8-9-15(21-17)13-19-22(5,6)18(2,3)4/h7,14-17H,1,8-13H2,2-6H3/t14-,15+,16-,17+/m0/s1. The Morgan fingerprint density at radius 2 is 1.77 bits per heavy atom. The Kier molecular flexibility index (Phi) is 5.92. The van der Waals surface area contributed by atoms with Crippen molar-refractivity contribution in [1.82, 2.24) is 0 Å². The number of rotatable bonds is 4. The van der Waals surface area contributed by atoms with Crippen LogP contribution in [0.5, 0.6) is 0 Å². The zero-order valence-corrected chi connectivity index (χ0v) is 16.1. The first-order chi connectivity index (χ1) is 10.2. The highest BCUT2D eigenvalue weighted by Crippen LogP contribution is 2.37. The molecule has 2 aliphatic heterocycles. The second-order valence-electron chi connectivity index (χ2n) is 8.32. The summed E-state index contributed by atoms with van der Waals surface area (Å²) in [5, 5.41) is 0.255. The van der Waals surface area contributed by atoms with Gasteiger partial charge in [-0.3, -0.25) is 0 Å². The van der Waals surface area contributed by atoms with Crippen LogP contribution in [-0.4, -0.2) is 39.3 Å². The van der Waals surface area contributed by atoms with Crippen LogP contribution in [0.4, 0.5) is 0 Å². The van der Waals surface area contributed by atoms with Gasteiger partial charge in [-0.1, -0.05) is 26.8 Å². The zero-order valence-electron chi connectivity index (χ0n) is 15.1. The first-order valence-electron chi connectivity index (χ1n) is 8.80. The van der Waals surface area contributed by atoms with Crippen molar-refractivity contribution in [3.8, 4) is 0 Å². The smallest absolute Gasteiger partial charge is 0.192 e. The highest BCUT2D eigenvalue weighted by Gasteiger charge is 2.39. The fourth-order valence-corrected chi connectivity index (χ4v) is 4.02. The molecule has 2 saturated heterocycles. The van der Waals surface area contributed by atoms with Crippen LogP contribution in [0.15, 0.2) is 12.7 Å². The van der Waals surface area contributed by atoms with Crippen molar-refractivity contribution in [2.75, 3.05) is 6.61 Å². The van der Waals surface area contributed by atoms with Crippen LogP contribution in [0.3, 0.4) is 0 Å².